The zero-order valence-electron chi connectivity index (χ0n) is 11.8. The number of hydrogen-bond donors (Lipinski definition) is 2. The number of amides is 2. The number of rotatable bonds is 3. The maximum absolute atomic E-state index is 12.1. The Hall–Kier alpha value is -1.30. The lowest BCUT2D eigenvalue weighted by Crippen LogP contribution is -2.57. The van der Waals surface area contributed by atoms with E-state index in [2.05, 4.69) is 10.2 Å². The van der Waals surface area contributed by atoms with Crippen LogP contribution < -0.4 is 5.32 Å². The number of hydrogen-bond acceptors (Lipinski definition) is 3. The van der Waals surface area contributed by atoms with Crippen LogP contribution in [0.1, 0.15) is 32.1 Å². The van der Waals surface area contributed by atoms with Crippen LogP contribution in [0.4, 0.5) is 4.79 Å². The van der Waals surface area contributed by atoms with Gasteiger partial charge < -0.3 is 20.2 Å². The number of carboxylic acids is 1. The Balaban J connectivity index is 1.40. The minimum absolute atomic E-state index is 0.0110. The molecule has 3 saturated heterocycles. The molecule has 3 fully saturated rings. The van der Waals surface area contributed by atoms with Gasteiger partial charge in [0, 0.05) is 37.6 Å². The van der Waals surface area contributed by atoms with Gasteiger partial charge in [-0.15, -0.1) is 0 Å². The summed E-state index contributed by atoms with van der Waals surface area (Å²) < 4.78 is 0. The van der Waals surface area contributed by atoms with Crippen LogP contribution in [0.25, 0.3) is 0 Å². The Morgan fingerprint density at radius 3 is 2.75 bits per heavy atom. The van der Waals surface area contributed by atoms with Crippen molar-refractivity contribution in [1.82, 2.24) is 15.1 Å². The van der Waals surface area contributed by atoms with E-state index in [1.807, 2.05) is 0 Å². The van der Waals surface area contributed by atoms with Crippen LogP contribution in [0.15, 0.2) is 0 Å². The molecule has 6 nitrogen and oxygen atoms in total. The summed E-state index contributed by atoms with van der Waals surface area (Å²) in [5, 5.41) is 11.8. The van der Waals surface area contributed by atoms with Crippen molar-refractivity contribution in [2.24, 2.45) is 5.92 Å². The molecule has 3 aliphatic rings. The number of aliphatic carboxylic acids is 1. The monoisotopic (exact) mass is 281 g/mol. The maximum atomic E-state index is 12.1. The lowest BCUT2D eigenvalue weighted by atomic mass is 9.96. The van der Waals surface area contributed by atoms with Crippen molar-refractivity contribution in [3.8, 4) is 0 Å². The van der Waals surface area contributed by atoms with E-state index in [9.17, 15) is 9.59 Å². The molecule has 0 aromatic carbocycles. The molecule has 3 aliphatic heterocycles. The molecule has 2 atom stereocenters. The van der Waals surface area contributed by atoms with Gasteiger partial charge in [-0.2, -0.15) is 0 Å². The molecular weight excluding hydrogens is 258 g/mol. The predicted molar refractivity (Wildman–Crippen MR) is 73.5 cm³/mol. The zero-order valence-corrected chi connectivity index (χ0v) is 11.8. The summed E-state index contributed by atoms with van der Waals surface area (Å²) in [6.45, 7) is 3.48. The Morgan fingerprint density at radius 1 is 1.20 bits per heavy atom. The van der Waals surface area contributed by atoms with E-state index >= 15 is 0 Å². The molecule has 0 aliphatic carbocycles. The molecule has 0 spiro atoms. The van der Waals surface area contributed by atoms with Crippen LogP contribution in [0.3, 0.4) is 0 Å². The fourth-order valence-electron chi connectivity index (χ4n) is 3.73. The van der Waals surface area contributed by atoms with Gasteiger partial charge in [0.1, 0.15) is 0 Å². The van der Waals surface area contributed by atoms with Gasteiger partial charge in [-0.1, -0.05) is 0 Å². The number of fused-ring (bicyclic) bond motifs is 1. The molecule has 3 rings (SSSR count). The van der Waals surface area contributed by atoms with Gasteiger partial charge in [-0.25, -0.2) is 4.79 Å². The molecule has 0 aromatic rings. The lowest BCUT2D eigenvalue weighted by Gasteiger charge is -2.41. The molecule has 6 heteroatoms. The van der Waals surface area contributed by atoms with Gasteiger partial charge in [-0.05, 0) is 32.2 Å². The van der Waals surface area contributed by atoms with Gasteiger partial charge in [0.25, 0.3) is 0 Å². The normalized spacial score (nSPS) is 30.7. The molecule has 0 bridgehead atoms. The van der Waals surface area contributed by atoms with Crippen molar-refractivity contribution >= 4 is 12.0 Å². The average molecular weight is 281 g/mol. The van der Waals surface area contributed by atoms with Crippen LogP contribution in [-0.4, -0.2) is 65.2 Å². The Morgan fingerprint density at radius 2 is 2.00 bits per heavy atom. The van der Waals surface area contributed by atoms with E-state index < -0.39 is 5.97 Å². The van der Waals surface area contributed by atoms with Gasteiger partial charge in [-0.3, -0.25) is 4.79 Å². The molecule has 2 unspecified atom stereocenters. The summed E-state index contributed by atoms with van der Waals surface area (Å²) in [6, 6.07) is 0.939. The summed E-state index contributed by atoms with van der Waals surface area (Å²) in [5.74, 6) is -0.640. The number of urea groups is 1. The fraction of sp³-hybridized carbons (Fsp3) is 0.857. The maximum Gasteiger partial charge on any atom is 0.317 e. The molecule has 0 radical (unpaired) electrons. The first-order valence-electron chi connectivity index (χ1n) is 7.63. The van der Waals surface area contributed by atoms with Gasteiger partial charge in [0.15, 0.2) is 0 Å². The van der Waals surface area contributed by atoms with Crippen molar-refractivity contribution in [1.29, 1.82) is 0 Å². The molecule has 20 heavy (non-hydrogen) atoms. The summed E-state index contributed by atoms with van der Waals surface area (Å²) in [7, 11) is 0. The largest absolute Gasteiger partial charge is 0.481 e. The molecule has 0 aromatic heterocycles. The number of carbonyl (C=O) groups excluding carboxylic acids is 1. The van der Waals surface area contributed by atoms with Gasteiger partial charge in [0.2, 0.25) is 0 Å². The highest BCUT2D eigenvalue weighted by molar-refractivity contribution is 5.76. The summed E-state index contributed by atoms with van der Waals surface area (Å²) in [5.41, 5.74) is 0. The smallest absolute Gasteiger partial charge is 0.317 e. The molecule has 0 saturated carbocycles. The van der Waals surface area contributed by atoms with E-state index in [0.717, 1.165) is 19.4 Å². The van der Waals surface area contributed by atoms with Crippen molar-refractivity contribution in [2.45, 2.75) is 44.2 Å². The highest BCUT2D eigenvalue weighted by Gasteiger charge is 2.35. The van der Waals surface area contributed by atoms with Crippen molar-refractivity contribution in [3.05, 3.63) is 0 Å². The second-order valence-corrected chi connectivity index (χ2v) is 6.37. The first kappa shape index (κ1) is 13.7. The van der Waals surface area contributed by atoms with Crippen LogP contribution in [0, 0.1) is 5.92 Å². The van der Waals surface area contributed by atoms with Gasteiger partial charge >= 0.3 is 12.0 Å². The topological polar surface area (TPSA) is 72.9 Å². The highest BCUT2D eigenvalue weighted by atomic mass is 16.4. The standard InChI is InChI=1S/C14H23N3O3/c18-13(19)6-10-8-17(9-10)14(20)15-11-3-5-16-4-1-2-12(16)7-11/h10-12H,1-9H2,(H,15,20)(H,18,19). The van der Waals surface area contributed by atoms with E-state index in [1.54, 1.807) is 4.90 Å². The molecule has 112 valence electrons. The lowest BCUT2D eigenvalue weighted by molar-refractivity contribution is -0.139. The molecule has 2 amide bonds. The predicted octanol–water partition coefficient (Wildman–Crippen LogP) is 0.729. The second kappa shape index (κ2) is 5.60. The number of likely N-dealkylation sites (tertiary alicyclic amines) is 1. The Bertz CT molecular complexity index is 395. The van der Waals surface area contributed by atoms with Crippen LogP contribution >= 0.6 is 0 Å². The summed E-state index contributed by atoms with van der Waals surface area (Å²) in [6.07, 6.45) is 4.82. The van der Waals surface area contributed by atoms with Gasteiger partial charge in [0.05, 0.1) is 6.42 Å². The van der Waals surface area contributed by atoms with Crippen LogP contribution in [0.5, 0.6) is 0 Å². The average Bonchev–Trinajstić information content (AvgIpc) is 2.80. The van der Waals surface area contributed by atoms with E-state index in [4.69, 9.17) is 5.11 Å². The Kier molecular flexibility index (Phi) is 3.83. The molecule has 3 heterocycles. The van der Waals surface area contributed by atoms with Crippen LogP contribution in [0.2, 0.25) is 0 Å². The van der Waals surface area contributed by atoms with E-state index in [-0.39, 0.29) is 18.4 Å². The second-order valence-electron chi connectivity index (χ2n) is 6.37. The number of nitrogens with zero attached hydrogens (tertiary/aromatic N) is 2. The van der Waals surface area contributed by atoms with E-state index in [0.29, 0.717) is 25.2 Å². The first-order chi connectivity index (χ1) is 9.61. The minimum atomic E-state index is -0.774. The number of carboxylic acid groups (broad SMARTS) is 1. The SMILES string of the molecule is O=C(O)CC1CN(C(=O)NC2CCN3CCCC3C2)C1. The van der Waals surface area contributed by atoms with Crippen molar-refractivity contribution < 1.29 is 14.7 Å². The summed E-state index contributed by atoms with van der Waals surface area (Å²) in [4.78, 5) is 26.9. The third-order valence-corrected chi connectivity index (χ3v) is 4.86. The van der Waals surface area contributed by atoms with Crippen molar-refractivity contribution in [2.75, 3.05) is 26.2 Å². The fourth-order valence-corrected chi connectivity index (χ4v) is 3.73. The number of carbonyl (C=O) groups is 2. The zero-order chi connectivity index (χ0) is 14.1. The third kappa shape index (κ3) is 2.90. The molecule has 2 N–H and O–H groups in total. The highest BCUT2D eigenvalue weighted by Crippen LogP contribution is 2.27. The molecular formula is C14H23N3O3. The minimum Gasteiger partial charge on any atom is -0.481 e. The summed E-state index contributed by atoms with van der Waals surface area (Å²) >= 11 is 0. The van der Waals surface area contributed by atoms with Crippen LogP contribution in [-0.2, 0) is 4.79 Å². The van der Waals surface area contributed by atoms with Crippen molar-refractivity contribution in [3.63, 3.8) is 0 Å². The quantitative estimate of drug-likeness (QED) is 0.800. The first-order valence-corrected chi connectivity index (χ1v) is 7.63. The number of piperidine rings is 1. The van der Waals surface area contributed by atoms with E-state index in [1.165, 1.54) is 19.4 Å². The third-order valence-electron chi connectivity index (χ3n) is 4.86. The number of nitrogens with one attached hydrogen (secondary N) is 1. The Labute approximate surface area is 119 Å².